The van der Waals surface area contributed by atoms with E-state index in [1.54, 1.807) is 0 Å². The lowest BCUT2D eigenvalue weighted by Gasteiger charge is -2.28. The van der Waals surface area contributed by atoms with Crippen LogP contribution < -0.4 is 5.19 Å². The van der Waals surface area contributed by atoms with Crippen LogP contribution in [0.2, 0.25) is 19.6 Å². The number of pyridine rings is 1. The van der Waals surface area contributed by atoms with Gasteiger partial charge in [-0.1, -0.05) is 184 Å². The van der Waals surface area contributed by atoms with Crippen LogP contribution in [0.3, 0.4) is 0 Å². The molecule has 4 nitrogen and oxygen atoms in total. The highest BCUT2D eigenvalue weighted by atomic mass is 28.3. The maximum atomic E-state index is 12.5. The van der Waals surface area contributed by atoms with Crippen molar-refractivity contribution in [2.75, 3.05) is 0 Å². The molecule has 0 saturated heterocycles. The van der Waals surface area contributed by atoms with Gasteiger partial charge in [0.2, 0.25) is 0 Å². The summed E-state index contributed by atoms with van der Waals surface area (Å²) in [6, 6.07) is 50.3. The number of hydrogen-bond acceptors (Lipinski definition) is 3. The van der Waals surface area contributed by atoms with Crippen LogP contribution >= 0.6 is 0 Å². The topological polar surface area (TPSA) is 50.9 Å². The molecular weight excluding hydrogens is 771 g/mol. The molecule has 6 aromatic carbocycles. The van der Waals surface area contributed by atoms with E-state index in [-0.39, 0.29) is 22.0 Å². The number of aromatic nitrogens is 3. The molecule has 0 amide bonds. The van der Waals surface area contributed by atoms with Crippen molar-refractivity contribution in [3.05, 3.63) is 162 Å². The monoisotopic (exact) mass is 831 g/mol. The second-order valence-electron chi connectivity index (χ2n) is 21.1. The van der Waals surface area contributed by atoms with E-state index < -0.39 is 8.07 Å². The molecule has 314 valence electrons. The first-order chi connectivity index (χ1) is 29.2. The van der Waals surface area contributed by atoms with Crippen molar-refractivity contribution in [3.63, 3.8) is 0 Å². The SMILES string of the molecule is CC(C)(C)c1cc(-c2cc(-c3ccccc3)ccn2)cc(-c2cccc3c2nc(-c2cc(C(C)(C)C)cc(C(C)(C)C)c2O)n3-c2ccc([Si](C)(C)C)cc2-c2ccccc2)c1. The Balaban J connectivity index is 1.47. The molecule has 0 radical (unpaired) electrons. The second kappa shape index (κ2) is 15.7. The van der Waals surface area contributed by atoms with Gasteiger partial charge in [-0.05, 0) is 92.1 Å². The smallest absolute Gasteiger partial charge is 0.149 e. The Morgan fingerprint density at radius 1 is 0.500 bits per heavy atom. The summed E-state index contributed by atoms with van der Waals surface area (Å²) in [6.07, 6.45) is 1.91. The van der Waals surface area contributed by atoms with E-state index in [0.717, 1.165) is 78.0 Å². The summed E-state index contributed by atoms with van der Waals surface area (Å²) < 4.78 is 2.31. The van der Waals surface area contributed by atoms with Gasteiger partial charge in [-0.15, -0.1) is 0 Å². The van der Waals surface area contributed by atoms with Crippen molar-refractivity contribution in [1.82, 2.24) is 14.5 Å². The molecule has 0 saturated carbocycles. The van der Waals surface area contributed by atoms with Gasteiger partial charge in [-0.2, -0.15) is 0 Å². The Bertz CT molecular complexity index is 2930. The summed E-state index contributed by atoms with van der Waals surface area (Å²) in [4.78, 5) is 10.6. The maximum absolute atomic E-state index is 12.5. The molecule has 0 spiro atoms. The molecule has 8 rings (SSSR count). The highest BCUT2D eigenvalue weighted by Crippen LogP contribution is 2.46. The number of nitrogens with zero attached hydrogens (tertiary/aromatic N) is 3. The van der Waals surface area contributed by atoms with E-state index in [4.69, 9.17) is 9.97 Å². The molecule has 0 bridgehead atoms. The molecule has 0 aliphatic rings. The van der Waals surface area contributed by atoms with Gasteiger partial charge in [0.15, 0.2) is 0 Å². The van der Waals surface area contributed by atoms with E-state index in [2.05, 4.69) is 226 Å². The molecule has 5 heteroatoms. The largest absolute Gasteiger partial charge is 0.507 e. The Hall–Kier alpha value is -6.04. The Morgan fingerprint density at radius 3 is 1.76 bits per heavy atom. The van der Waals surface area contributed by atoms with Crippen LogP contribution in [0.15, 0.2) is 146 Å². The van der Waals surface area contributed by atoms with Gasteiger partial charge in [0, 0.05) is 28.5 Å². The Morgan fingerprint density at radius 2 is 1.13 bits per heavy atom. The minimum absolute atomic E-state index is 0.133. The highest BCUT2D eigenvalue weighted by molar-refractivity contribution is 6.88. The molecule has 1 N–H and O–H groups in total. The number of imidazole rings is 1. The van der Waals surface area contributed by atoms with Gasteiger partial charge in [-0.3, -0.25) is 9.55 Å². The normalized spacial score (nSPS) is 12.6. The minimum atomic E-state index is -1.70. The summed E-state index contributed by atoms with van der Waals surface area (Å²) in [7, 11) is -1.70. The van der Waals surface area contributed by atoms with Gasteiger partial charge >= 0.3 is 0 Å². The standard InChI is InChI=1S/C57H61N3OSi/c1-55(2,3)42-31-40(30-41(32-42)49-33-39(28-29-58-49)37-20-15-13-16-21-37)45-24-19-25-51-52(45)59-54(47-34-43(56(4,5)6)35-48(53(47)61)57(7,8)9)60(51)50-27-26-44(62(10,11)12)36-46(50)38-22-17-14-18-23-38/h13-36,61H,1-12H3. The van der Waals surface area contributed by atoms with Crippen LogP contribution in [-0.4, -0.2) is 27.7 Å². The van der Waals surface area contributed by atoms with E-state index in [0.29, 0.717) is 5.82 Å². The third-order valence-electron chi connectivity index (χ3n) is 12.2. The van der Waals surface area contributed by atoms with Crippen LogP contribution in [0.4, 0.5) is 0 Å². The first-order valence-corrected chi connectivity index (χ1v) is 25.5. The average Bonchev–Trinajstić information content (AvgIpc) is 3.62. The minimum Gasteiger partial charge on any atom is -0.507 e. The molecule has 2 aromatic heterocycles. The molecule has 0 atom stereocenters. The first-order valence-electron chi connectivity index (χ1n) is 22.0. The molecule has 0 aliphatic heterocycles. The average molecular weight is 832 g/mol. The number of benzene rings is 6. The zero-order valence-electron chi connectivity index (χ0n) is 38.6. The predicted octanol–water partition coefficient (Wildman–Crippen LogP) is 14.9. The lowest BCUT2D eigenvalue weighted by atomic mass is 9.79. The molecule has 62 heavy (non-hydrogen) atoms. The van der Waals surface area contributed by atoms with Crippen molar-refractivity contribution < 1.29 is 5.11 Å². The molecule has 0 unspecified atom stereocenters. The highest BCUT2D eigenvalue weighted by Gasteiger charge is 2.30. The molecular formula is C57H61N3OSi. The summed E-state index contributed by atoms with van der Waals surface area (Å²) >= 11 is 0. The van der Waals surface area contributed by atoms with Crippen molar-refractivity contribution in [3.8, 4) is 67.5 Å². The van der Waals surface area contributed by atoms with Gasteiger partial charge in [0.05, 0.1) is 36.1 Å². The van der Waals surface area contributed by atoms with E-state index in [9.17, 15) is 5.11 Å². The lowest BCUT2D eigenvalue weighted by molar-refractivity contribution is 0.446. The van der Waals surface area contributed by atoms with E-state index in [1.165, 1.54) is 10.8 Å². The fraction of sp³-hybridized carbons (Fsp3) is 0.263. The van der Waals surface area contributed by atoms with Crippen LogP contribution in [0.1, 0.15) is 79.0 Å². The lowest BCUT2D eigenvalue weighted by Crippen LogP contribution is -2.37. The summed E-state index contributed by atoms with van der Waals surface area (Å²) in [5.41, 5.74) is 14.9. The van der Waals surface area contributed by atoms with Gasteiger partial charge < -0.3 is 5.11 Å². The number of para-hydroxylation sites is 1. The van der Waals surface area contributed by atoms with Crippen molar-refractivity contribution in [2.45, 2.75) is 98.2 Å². The fourth-order valence-corrected chi connectivity index (χ4v) is 9.54. The first kappa shape index (κ1) is 42.6. The number of fused-ring (bicyclic) bond motifs is 1. The van der Waals surface area contributed by atoms with Gasteiger partial charge in [-0.25, -0.2) is 4.98 Å². The number of hydrogen-bond donors (Lipinski definition) is 1. The summed E-state index contributed by atoms with van der Waals surface area (Å²) in [5, 5.41) is 13.9. The van der Waals surface area contributed by atoms with Crippen molar-refractivity contribution >= 4 is 24.3 Å². The van der Waals surface area contributed by atoms with Crippen LogP contribution in [0, 0.1) is 0 Å². The van der Waals surface area contributed by atoms with E-state index >= 15 is 0 Å². The quantitative estimate of drug-likeness (QED) is 0.163. The zero-order valence-corrected chi connectivity index (χ0v) is 39.6. The van der Waals surface area contributed by atoms with Crippen LogP contribution in [-0.2, 0) is 16.2 Å². The number of phenols is 1. The molecule has 0 fully saturated rings. The van der Waals surface area contributed by atoms with Crippen molar-refractivity contribution in [1.29, 1.82) is 0 Å². The van der Waals surface area contributed by atoms with Crippen molar-refractivity contribution in [2.24, 2.45) is 0 Å². The fourth-order valence-electron chi connectivity index (χ4n) is 8.38. The third-order valence-corrected chi connectivity index (χ3v) is 14.2. The second-order valence-corrected chi connectivity index (χ2v) is 26.1. The molecule has 0 aliphatic carbocycles. The maximum Gasteiger partial charge on any atom is 0.149 e. The molecule has 2 heterocycles. The third kappa shape index (κ3) is 8.31. The number of phenolic OH excluding ortho intramolecular Hbond substituents is 1. The van der Waals surface area contributed by atoms with Crippen LogP contribution in [0.25, 0.3) is 72.7 Å². The van der Waals surface area contributed by atoms with Gasteiger partial charge in [0.25, 0.3) is 0 Å². The zero-order chi connectivity index (χ0) is 44.4. The predicted molar refractivity (Wildman–Crippen MR) is 267 cm³/mol. The Labute approximate surface area is 370 Å². The van der Waals surface area contributed by atoms with Gasteiger partial charge in [0.1, 0.15) is 11.6 Å². The number of rotatable bonds is 7. The van der Waals surface area contributed by atoms with Crippen LogP contribution in [0.5, 0.6) is 5.75 Å². The summed E-state index contributed by atoms with van der Waals surface area (Å²) in [6.45, 7) is 27.2. The van der Waals surface area contributed by atoms with E-state index in [1.807, 2.05) is 6.20 Å². The Kier molecular flexibility index (Phi) is 10.8. The summed E-state index contributed by atoms with van der Waals surface area (Å²) in [5.74, 6) is 0.980. The molecule has 8 aromatic rings. The number of aromatic hydroxyl groups is 1.